The molecule has 0 aromatic carbocycles. The van der Waals surface area contributed by atoms with Crippen LogP contribution in [0.5, 0.6) is 0 Å². The van der Waals surface area contributed by atoms with Crippen molar-refractivity contribution in [1.82, 2.24) is 10.2 Å². The molecule has 0 atom stereocenters. The number of hydrogen-bond acceptors (Lipinski definition) is 2. The first-order chi connectivity index (χ1) is 5.83. The Morgan fingerprint density at radius 3 is 2.75 bits per heavy atom. The highest BCUT2D eigenvalue weighted by atomic mass is 16.1. The van der Waals surface area contributed by atoms with E-state index in [-0.39, 0.29) is 0 Å². The lowest BCUT2D eigenvalue weighted by molar-refractivity contribution is -0.109. The zero-order valence-electron chi connectivity index (χ0n) is 7.75. The molecule has 0 spiro atoms. The van der Waals surface area contributed by atoms with Gasteiger partial charge >= 0.3 is 0 Å². The van der Waals surface area contributed by atoms with Crippen LogP contribution in [0.15, 0.2) is 0 Å². The van der Waals surface area contributed by atoms with E-state index in [1.54, 1.807) is 0 Å². The molecule has 0 aromatic rings. The molecule has 0 aromatic heterocycles. The third-order valence-electron chi connectivity index (χ3n) is 2.53. The smallest absolute Gasteiger partial charge is 0.207 e. The van der Waals surface area contributed by atoms with Crippen LogP contribution in [0.1, 0.15) is 19.8 Å². The van der Waals surface area contributed by atoms with Crippen LogP contribution in [0, 0.1) is 5.92 Å². The Morgan fingerprint density at radius 2 is 2.17 bits per heavy atom. The fourth-order valence-electron chi connectivity index (χ4n) is 1.57. The average molecular weight is 170 g/mol. The van der Waals surface area contributed by atoms with Crippen LogP contribution in [0.3, 0.4) is 0 Å². The summed E-state index contributed by atoms with van der Waals surface area (Å²) in [7, 11) is 0. The predicted molar refractivity (Wildman–Crippen MR) is 48.9 cm³/mol. The topological polar surface area (TPSA) is 32.3 Å². The van der Waals surface area contributed by atoms with Gasteiger partial charge in [0.2, 0.25) is 6.41 Å². The SMILES string of the molecule is CC1CCN(CCNC=O)CC1. The summed E-state index contributed by atoms with van der Waals surface area (Å²) in [5.74, 6) is 0.889. The van der Waals surface area contributed by atoms with E-state index in [1.165, 1.54) is 25.9 Å². The van der Waals surface area contributed by atoms with E-state index in [0.717, 1.165) is 25.4 Å². The van der Waals surface area contributed by atoms with Crippen molar-refractivity contribution in [3.05, 3.63) is 0 Å². The van der Waals surface area contributed by atoms with Crippen molar-refractivity contribution in [1.29, 1.82) is 0 Å². The van der Waals surface area contributed by atoms with Crippen molar-refractivity contribution >= 4 is 6.41 Å². The molecule has 1 saturated heterocycles. The highest BCUT2D eigenvalue weighted by Crippen LogP contribution is 2.14. The van der Waals surface area contributed by atoms with Crippen molar-refractivity contribution in [2.45, 2.75) is 19.8 Å². The molecule has 3 heteroatoms. The van der Waals surface area contributed by atoms with Gasteiger partial charge < -0.3 is 10.2 Å². The lowest BCUT2D eigenvalue weighted by Crippen LogP contribution is -2.37. The third kappa shape index (κ3) is 3.22. The minimum absolute atomic E-state index is 0.770. The summed E-state index contributed by atoms with van der Waals surface area (Å²) in [4.78, 5) is 12.4. The van der Waals surface area contributed by atoms with Crippen LogP contribution in [0.4, 0.5) is 0 Å². The fourth-order valence-corrected chi connectivity index (χ4v) is 1.57. The van der Waals surface area contributed by atoms with Gasteiger partial charge in [-0.2, -0.15) is 0 Å². The lowest BCUT2D eigenvalue weighted by atomic mass is 9.99. The van der Waals surface area contributed by atoms with Crippen LogP contribution < -0.4 is 5.32 Å². The first-order valence-electron chi connectivity index (χ1n) is 4.72. The molecule has 1 aliphatic heterocycles. The summed E-state index contributed by atoms with van der Waals surface area (Å²) in [6.45, 7) is 6.49. The maximum Gasteiger partial charge on any atom is 0.207 e. The maximum atomic E-state index is 9.97. The second-order valence-corrected chi connectivity index (χ2v) is 3.60. The standard InChI is InChI=1S/C9H18N2O/c1-9-2-5-11(6-3-9)7-4-10-8-12/h8-9H,2-7H2,1H3,(H,10,12). The summed E-state index contributed by atoms with van der Waals surface area (Å²) < 4.78 is 0. The molecule has 0 aliphatic carbocycles. The van der Waals surface area contributed by atoms with Gasteiger partial charge in [0.15, 0.2) is 0 Å². The Labute approximate surface area is 74.1 Å². The molecule has 1 aliphatic rings. The first-order valence-corrected chi connectivity index (χ1v) is 4.72. The number of piperidine rings is 1. The summed E-state index contributed by atoms with van der Waals surface area (Å²) in [6.07, 6.45) is 3.38. The van der Waals surface area contributed by atoms with Gasteiger partial charge in [0.05, 0.1) is 0 Å². The fraction of sp³-hybridized carbons (Fsp3) is 0.889. The Kier molecular flexibility index (Phi) is 4.08. The molecule has 12 heavy (non-hydrogen) atoms. The molecule has 1 N–H and O–H groups in total. The highest BCUT2D eigenvalue weighted by molar-refractivity contribution is 5.45. The molecule has 1 fully saturated rings. The normalized spacial score (nSPS) is 20.8. The third-order valence-corrected chi connectivity index (χ3v) is 2.53. The largest absolute Gasteiger partial charge is 0.357 e. The molecule has 0 bridgehead atoms. The van der Waals surface area contributed by atoms with Crippen molar-refractivity contribution in [2.24, 2.45) is 5.92 Å². The average Bonchev–Trinajstić information content (AvgIpc) is 2.09. The van der Waals surface area contributed by atoms with E-state index in [4.69, 9.17) is 0 Å². The highest BCUT2D eigenvalue weighted by Gasteiger charge is 2.14. The van der Waals surface area contributed by atoms with Crippen molar-refractivity contribution in [3.8, 4) is 0 Å². The van der Waals surface area contributed by atoms with E-state index in [9.17, 15) is 4.79 Å². The molecular weight excluding hydrogens is 152 g/mol. The summed E-state index contributed by atoms with van der Waals surface area (Å²) in [5.41, 5.74) is 0. The van der Waals surface area contributed by atoms with Gasteiger partial charge in [-0.15, -0.1) is 0 Å². The summed E-state index contributed by atoms with van der Waals surface area (Å²) >= 11 is 0. The van der Waals surface area contributed by atoms with Crippen LogP contribution in [-0.2, 0) is 4.79 Å². The summed E-state index contributed by atoms with van der Waals surface area (Å²) in [5, 5.41) is 2.68. The predicted octanol–water partition coefficient (Wildman–Crippen LogP) is 0.464. The lowest BCUT2D eigenvalue weighted by Gasteiger charge is -2.29. The van der Waals surface area contributed by atoms with Gasteiger partial charge in [0, 0.05) is 13.1 Å². The van der Waals surface area contributed by atoms with Crippen LogP contribution >= 0.6 is 0 Å². The number of likely N-dealkylation sites (tertiary alicyclic amines) is 1. The molecular formula is C9H18N2O. The summed E-state index contributed by atoms with van der Waals surface area (Å²) in [6, 6.07) is 0. The van der Waals surface area contributed by atoms with Crippen molar-refractivity contribution in [2.75, 3.05) is 26.2 Å². The number of nitrogens with zero attached hydrogens (tertiary/aromatic N) is 1. The zero-order chi connectivity index (χ0) is 8.81. The number of amides is 1. The maximum absolute atomic E-state index is 9.97. The Bertz CT molecular complexity index is 130. The molecule has 3 nitrogen and oxygen atoms in total. The molecule has 1 rings (SSSR count). The van der Waals surface area contributed by atoms with E-state index in [2.05, 4.69) is 17.1 Å². The Balaban J connectivity index is 2.05. The Hall–Kier alpha value is -0.570. The minimum atomic E-state index is 0.770. The van der Waals surface area contributed by atoms with Crippen molar-refractivity contribution < 1.29 is 4.79 Å². The number of carbonyl (C=O) groups is 1. The molecule has 1 heterocycles. The monoisotopic (exact) mass is 170 g/mol. The first kappa shape index (κ1) is 9.52. The molecule has 70 valence electrons. The van der Waals surface area contributed by atoms with Gasteiger partial charge in [-0.05, 0) is 31.8 Å². The number of hydrogen-bond donors (Lipinski definition) is 1. The number of carbonyl (C=O) groups excluding carboxylic acids is 1. The van der Waals surface area contributed by atoms with Gasteiger partial charge in [-0.3, -0.25) is 4.79 Å². The van der Waals surface area contributed by atoms with Crippen LogP contribution in [0.25, 0.3) is 0 Å². The van der Waals surface area contributed by atoms with Crippen LogP contribution in [0.2, 0.25) is 0 Å². The van der Waals surface area contributed by atoms with Crippen molar-refractivity contribution in [3.63, 3.8) is 0 Å². The molecule has 0 unspecified atom stereocenters. The van der Waals surface area contributed by atoms with Gasteiger partial charge in [0.25, 0.3) is 0 Å². The second-order valence-electron chi connectivity index (χ2n) is 3.60. The number of rotatable bonds is 4. The minimum Gasteiger partial charge on any atom is -0.357 e. The van der Waals surface area contributed by atoms with E-state index < -0.39 is 0 Å². The second kappa shape index (κ2) is 5.14. The van der Waals surface area contributed by atoms with E-state index in [1.807, 2.05) is 0 Å². The molecule has 0 saturated carbocycles. The van der Waals surface area contributed by atoms with Gasteiger partial charge in [-0.1, -0.05) is 6.92 Å². The van der Waals surface area contributed by atoms with E-state index >= 15 is 0 Å². The Morgan fingerprint density at radius 1 is 1.50 bits per heavy atom. The van der Waals surface area contributed by atoms with Gasteiger partial charge in [0.1, 0.15) is 0 Å². The number of nitrogens with one attached hydrogen (secondary N) is 1. The van der Waals surface area contributed by atoms with E-state index in [0.29, 0.717) is 0 Å². The quantitative estimate of drug-likeness (QED) is 0.491. The van der Waals surface area contributed by atoms with Crippen LogP contribution in [-0.4, -0.2) is 37.5 Å². The molecule has 1 amide bonds. The van der Waals surface area contributed by atoms with Gasteiger partial charge in [-0.25, -0.2) is 0 Å². The zero-order valence-corrected chi connectivity index (χ0v) is 7.75. The molecule has 0 radical (unpaired) electrons.